The maximum atomic E-state index is 11.3. The number of carboxylic acid groups (broad SMARTS) is 1. The zero-order valence-electron chi connectivity index (χ0n) is 18.2. The highest BCUT2D eigenvalue weighted by Crippen LogP contribution is 2.26. The van der Waals surface area contributed by atoms with Gasteiger partial charge in [-0.1, -0.05) is 62.1 Å². The Morgan fingerprint density at radius 2 is 1.81 bits per heavy atom. The van der Waals surface area contributed by atoms with Gasteiger partial charge < -0.3 is 24.3 Å². The molecule has 1 heterocycles. The third-order valence-electron chi connectivity index (χ3n) is 4.98. The van der Waals surface area contributed by atoms with Crippen LogP contribution >= 0.6 is 0 Å². The van der Waals surface area contributed by atoms with E-state index in [4.69, 9.17) is 9.47 Å². The summed E-state index contributed by atoms with van der Waals surface area (Å²) in [5, 5.41) is 19.4. The molecule has 2 N–H and O–H groups in total. The Kier molecular flexibility index (Phi) is 7.61. The molecule has 3 rings (SSSR count). The van der Waals surface area contributed by atoms with Crippen LogP contribution in [-0.4, -0.2) is 40.4 Å². The first kappa shape index (κ1) is 23.1. The van der Waals surface area contributed by atoms with Gasteiger partial charge in [-0.05, 0) is 17.7 Å². The number of aliphatic hydroxyl groups excluding tert-OH is 1. The first-order valence-corrected chi connectivity index (χ1v) is 14.1. The molecule has 0 saturated heterocycles. The first-order chi connectivity index (χ1) is 14.8. The second-order valence-electron chi connectivity index (χ2n) is 8.74. The Bertz CT molecular complexity index is 1010. The molecule has 0 spiro atoms. The number of carboxylic acids is 1. The van der Waals surface area contributed by atoms with E-state index in [1.54, 1.807) is 12.1 Å². The SMILES string of the molecule is C[Si](C)(C)CCOCn1c(COCc2ccccc2)nc2c(C(O)C(=O)O)cccc21. The van der Waals surface area contributed by atoms with Gasteiger partial charge in [0.15, 0.2) is 6.10 Å². The number of aliphatic hydroxyl groups is 1. The Morgan fingerprint density at radius 1 is 1.06 bits per heavy atom. The molecule has 0 aliphatic rings. The average Bonchev–Trinajstić information content (AvgIpc) is 3.08. The van der Waals surface area contributed by atoms with E-state index < -0.39 is 20.1 Å². The number of ether oxygens (including phenoxy) is 2. The maximum Gasteiger partial charge on any atom is 0.337 e. The number of aliphatic carboxylic acids is 1. The molecule has 1 aromatic heterocycles. The van der Waals surface area contributed by atoms with Crippen molar-refractivity contribution >= 4 is 25.1 Å². The molecule has 0 radical (unpaired) electrons. The zero-order chi connectivity index (χ0) is 22.4. The van der Waals surface area contributed by atoms with Gasteiger partial charge >= 0.3 is 5.97 Å². The van der Waals surface area contributed by atoms with Gasteiger partial charge in [-0.25, -0.2) is 9.78 Å². The predicted molar refractivity (Wildman–Crippen MR) is 121 cm³/mol. The summed E-state index contributed by atoms with van der Waals surface area (Å²) in [4.78, 5) is 16.0. The second-order valence-corrected chi connectivity index (χ2v) is 14.4. The molecule has 0 aliphatic heterocycles. The van der Waals surface area contributed by atoms with E-state index in [0.29, 0.717) is 30.1 Å². The molecule has 0 bridgehead atoms. The lowest BCUT2D eigenvalue weighted by atomic mass is 10.1. The summed E-state index contributed by atoms with van der Waals surface area (Å²) in [5.41, 5.74) is 2.47. The number of carbonyl (C=O) groups is 1. The molecule has 2 aromatic carbocycles. The van der Waals surface area contributed by atoms with Crippen LogP contribution in [0.25, 0.3) is 11.0 Å². The summed E-state index contributed by atoms with van der Waals surface area (Å²) in [5.74, 6) is -0.681. The van der Waals surface area contributed by atoms with Crippen LogP contribution in [-0.2, 0) is 34.2 Å². The maximum absolute atomic E-state index is 11.3. The summed E-state index contributed by atoms with van der Waals surface area (Å²) >= 11 is 0. The normalized spacial score (nSPS) is 12.9. The standard InChI is InChI=1S/C23H30N2O5Si/c1-31(2,3)13-12-29-16-25-19-11-7-10-18(22(26)23(27)28)21(19)24-20(25)15-30-14-17-8-5-4-6-9-17/h4-11,22,26H,12-16H2,1-3H3,(H,27,28). The van der Waals surface area contributed by atoms with Crippen LogP contribution in [0.4, 0.5) is 0 Å². The molecule has 0 amide bonds. The van der Waals surface area contributed by atoms with Crippen molar-refractivity contribution in [1.82, 2.24) is 9.55 Å². The van der Waals surface area contributed by atoms with Crippen molar-refractivity contribution in [3.63, 3.8) is 0 Å². The number of nitrogens with zero attached hydrogens (tertiary/aromatic N) is 2. The number of imidazole rings is 1. The Hall–Kier alpha value is -2.52. The Balaban J connectivity index is 1.84. The van der Waals surface area contributed by atoms with Crippen molar-refractivity contribution in [3.8, 4) is 0 Å². The molecular formula is C23H30N2O5Si. The average molecular weight is 443 g/mol. The van der Waals surface area contributed by atoms with Crippen LogP contribution in [0.15, 0.2) is 48.5 Å². The fourth-order valence-corrected chi connectivity index (χ4v) is 3.95. The molecule has 166 valence electrons. The minimum absolute atomic E-state index is 0.240. The molecule has 8 heteroatoms. The lowest BCUT2D eigenvalue weighted by Gasteiger charge is -2.16. The quantitative estimate of drug-likeness (QED) is 0.342. The van der Waals surface area contributed by atoms with Gasteiger partial charge in [0.2, 0.25) is 0 Å². The number of benzene rings is 2. The van der Waals surface area contributed by atoms with Crippen LogP contribution < -0.4 is 0 Å². The van der Waals surface area contributed by atoms with Gasteiger partial charge in [0.05, 0.1) is 17.6 Å². The van der Waals surface area contributed by atoms with E-state index in [2.05, 4.69) is 24.6 Å². The van der Waals surface area contributed by atoms with Crippen LogP contribution in [0.1, 0.15) is 23.1 Å². The van der Waals surface area contributed by atoms with Crippen molar-refractivity contribution in [2.75, 3.05) is 6.61 Å². The monoisotopic (exact) mass is 442 g/mol. The second kappa shape index (κ2) is 10.2. The van der Waals surface area contributed by atoms with Crippen LogP contribution in [0, 0.1) is 0 Å². The molecule has 0 aliphatic carbocycles. The van der Waals surface area contributed by atoms with Gasteiger partial charge in [-0.3, -0.25) is 0 Å². The van der Waals surface area contributed by atoms with Gasteiger partial charge in [0, 0.05) is 20.2 Å². The summed E-state index contributed by atoms with van der Waals surface area (Å²) < 4.78 is 13.7. The van der Waals surface area contributed by atoms with Crippen molar-refractivity contribution in [2.45, 2.75) is 51.7 Å². The fraction of sp³-hybridized carbons (Fsp3) is 0.391. The molecule has 0 saturated carbocycles. The molecule has 1 atom stereocenters. The highest BCUT2D eigenvalue weighted by Gasteiger charge is 2.22. The molecule has 3 aromatic rings. The summed E-state index contributed by atoms with van der Waals surface area (Å²) in [6, 6.07) is 16.0. The van der Waals surface area contributed by atoms with Gasteiger partial charge in [0.25, 0.3) is 0 Å². The van der Waals surface area contributed by atoms with Gasteiger partial charge in [-0.2, -0.15) is 0 Å². The number of rotatable bonds is 11. The largest absolute Gasteiger partial charge is 0.479 e. The topological polar surface area (TPSA) is 93.8 Å². The summed E-state index contributed by atoms with van der Waals surface area (Å²) in [6.07, 6.45) is -1.64. The molecule has 1 unspecified atom stereocenters. The number of para-hydroxylation sites is 1. The number of hydrogen-bond acceptors (Lipinski definition) is 5. The summed E-state index contributed by atoms with van der Waals surface area (Å²) in [7, 11) is -1.21. The fourth-order valence-electron chi connectivity index (χ4n) is 3.19. The predicted octanol–water partition coefficient (Wildman–Crippen LogP) is 4.18. The molecular weight excluding hydrogens is 412 g/mol. The molecule has 7 nitrogen and oxygen atoms in total. The van der Waals surface area contributed by atoms with Crippen LogP contribution in [0.5, 0.6) is 0 Å². The van der Waals surface area contributed by atoms with Crippen molar-refractivity contribution in [3.05, 3.63) is 65.5 Å². The van der Waals surface area contributed by atoms with E-state index in [1.807, 2.05) is 41.0 Å². The third-order valence-corrected chi connectivity index (χ3v) is 6.68. The third kappa shape index (κ3) is 6.24. The van der Waals surface area contributed by atoms with Gasteiger partial charge in [0.1, 0.15) is 19.2 Å². The van der Waals surface area contributed by atoms with E-state index in [9.17, 15) is 15.0 Å². The lowest BCUT2D eigenvalue weighted by Crippen LogP contribution is -2.22. The van der Waals surface area contributed by atoms with E-state index in [1.165, 1.54) is 0 Å². The smallest absolute Gasteiger partial charge is 0.337 e. The van der Waals surface area contributed by atoms with Crippen molar-refractivity contribution < 1.29 is 24.5 Å². The molecule has 0 fully saturated rings. The minimum atomic E-state index is -1.64. The van der Waals surface area contributed by atoms with Crippen LogP contribution in [0.2, 0.25) is 25.7 Å². The first-order valence-electron chi connectivity index (χ1n) is 10.3. The number of fused-ring (bicyclic) bond motifs is 1. The summed E-state index contributed by atoms with van der Waals surface area (Å²) in [6.45, 7) is 8.51. The van der Waals surface area contributed by atoms with E-state index in [0.717, 1.165) is 11.6 Å². The Labute approximate surface area is 183 Å². The number of aromatic nitrogens is 2. The van der Waals surface area contributed by atoms with Gasteiger partial charge in [-0.15, -0.1) is 0 Å². The minimum Gasteiger partial charge on any atom is -0.479 e. The Morgan fingerprint density at radius 3 is 2.48 bits per heavy atom. The highest BCUT2D eigenvalue weighted by atomic mass is 28.3. The lowest BCUT2D eigenvalue weighted by molar-refractivity contribution is -0.146. The van der Waals surface area contributed by atoms with Crippen molar-refractivity contribution in [1.29, 1.82) is 0 Å². The van der Waals surface area contributed by atoms with E-state index >= 15 is 0 Å². The zero-order valence-corrected chi connectivity index (χ0v) is 19.2. The van der Waals surface area contributed by atoms with Crippen molar-refractivity contribution in [2.24, 2.45) is 0 Å². The number of hydrogen-bond donors (Lipinski definition) is 2. The molecule has 31 heavy (non-hydrogen) atoms. The highest BCUT2D eigenvalue weighted by molar-refractivity contribution is 6.76. The van der Waals surface area contributed by atoms with Crippen LogP contribution in [0.3, 0.4) is 0 Å². The van der Waals surface area contributed by atoms with E-state index in [-0.39, 0.29) is 18.9 Å².